The molecule has 2 atom stereocenters. The third kappa shape index (κ3) is 1.64. The van der Waals surface area contributed by atoms with Gasteiger partial charge in [0.05, 0.1) is 5.92 Å². The molecule has 0 amide bonds. The normalized spacial score (nSPS) is 33.7. The number of piperidine rings is 1. The van der Waals surface area contributed by atoms with Gasteiger partial charge in [0.1, 0.15) is 0 Å². The molecule has 0 radical (unpaired) electrons. The Morgan fingerprint density at radius 3 is 2.80 bits per heavy atom. The number of nitrogens with one attached hydrogen (secondary N) is 1. The largest absolute Gasteiger partial charge is 0.481 e. The molecule has 0 aromatic rings. The van der Waals surface area contributed by atoms with Crippen LogP contribution >= 0.6 is 12.6 Å². The first kappa shape index (κ1) is 7.88. The summed E-state index contributed by atoms with van der Waals surface area (Å²) < 4.78 is 0. The van der Waals surface area contributed by atoms with Crippen molar-refractivity contribution in [3.8, 4) is 0 Å². The van der Waals surface area contributed by atoms with E-state index in [1.807, 2.05) is 0 Å². The fraction of sp³-hybridized carbons (Fsp3) is 0.833. The third-order valence-electron chi connectivity index (χ3n) is 1.77. The zero-order valence-corrected chi connectivity index (χ0v) is 6.47. The van der Waals surface area contributed by atoms with E-state index in [1.165, 1.54) is 0 Å². The van der Waals surface area contributed by atoms with Crippen molar-refractivity contribution in [1.29, 1.82) is 0 Å². The molecule has 1 fully saturated rings. The zero-order chi connectivity index (χ0) is 7.56. The van der Waals surface area contributed by atoms with Gasteiger partial charge in [0, 0.05) is 11.8 Å². The van der Waals surface area contributed by atoms with Crippen LogP contribution in [0.1, 0.15) is 6.42 Å². The molecular weight excluding hydrogens is 150 g/mol. The third-order valence-corrected chi connectivity index (χ3v) is 2.31. The lowest BCUT2D eigenvalue weighted by Crippen LogP contribution is -2.41. The molecule has 1 saturated heterocycles. The summed E-state index contributed by atoms with van der Waals surface area (Å²) in [6.45, 7) is 1.51. The molecule has 2 N–H and O–H groups in total. The van der Waals surface area contributed by atoms with Gasteiger partial charge in [-0.3, -0.25) is 4.79 Å². The van der Waals surface area contributed by atoms with Crippen LogP contribution in [-0.2, 0) is 4.79 Å². The number of hydrogen-bond donors (Lipinski definition) is 3. The average molecular weight is 161 g/mol. The number of aliphatic carboxylic acids is 1. The first-order valence-electron chi connectivity index (χ1n) is 3.33. The van der Waals surface area contributed by atoms with E-state index in [1.54, 1.807) is 0 Å². The van der Waals surface area contributed by atoms with Gasteiger partial charge in [-0.1, -0.05) is 0 Å². The first-order chi connectivity index (χ1) is 4.72. The minimum Gasteiger partial charge on any atom is -0.481 e. The Labute approximate surface area is 65.2 Å². The Morgan fingerprint density at radius 1 is 1.70 bits per heavy atom. The van der Waals surface area contributed by atoms with Crippen LogP contribution in [0.5, 0.6) is 0 Å². The van der Waals surface area contributed by atoms with Crippen molar-refractivity contribution in [3.63, 3.8) is 0 Å². The van der Waals surface area contributed by atoms with Gasteiger partial charge in [-0.15, -0.1) is 0 Å². The van der Waals surface area contributed by atoms with E-state index in [0.29, 0.717) is 13.0 Å². The molecule has 1 heterocycles. The molecule has 0 spiro atoms. The minimum atomic E-state index is -0.721. The van der Waals surface area contributed by atoms with E-state index in [0.717, 1.165) is 6.54 Å². The lowest BCUT2D eigenvalue weighted by molar-refractivity contribution is -0.142. The van der Waals surface area contributed by atoms with E-state index >= 15 is 0 Å². The van der Waals surface area contributed by atoms with Gasteiger partial charge in [0.25, 0.3) is 0 Å². The molecule has 10 heavy (non-hydrogen) atoms. The Balaban J connectivity index is 2.47. The van der Waals surface area contributed by atoms with Gasteiger partial charge in [-0.25, -0.2) is 0 Å². The Hall–Kier alpha value is -0.220. The summed E-state index contributed by atoms with van der Waals surface area (Å²) in [5.74, 6) is -0.980. The van der Waals surface area contributed by atoms with Crippen LogP contribution in [0.15, 0.2) is 0 Å². The molecule has 0 unspecified atom stereocenters. The second-order valence-electron chi connectivity index (χ2n) is 2.50. The molecule has 0 bridgehead atoms. The van der Waals surface area contributed by atoms with Crippen molar-refractivity contribution in [2.24, 2.45) is 5.92 Å². The van der Waals surface area contributed by atoms with Gasteiger partial charge in [0.2, 0.25) is 0 Å². The molecule has 1 aliphatic heterocycles. The molecule has 0 aromatic carbocycles. The monoisotopic (exact) mass is 161 g/mol. The number of rotatable bonds is 1. The second kappa shape index (κ2) is 3.25. The average Bonchev–Trinajstić information content (AvgIpc) is 1.88. The highest BCUT2D eigenvalue weighted by Crippen LogP contribution is 2.17. The number of carboxylic acids is 1. The maximum atomic E-state index is 10.5. The van der Waals surface area contributed by atoms with Crippen LogP contribution < -0.4 is 5.32 Å². The van der Waals surface area contributed by atoms with Crippen molar-refractivity contribution in [1.82, 2.24) is 5.32 Å². The van der Waals surface area contributed by atoms with Gasteiger partial charge >= 0.3 is 5.97 Å². The predicted octanol–water partition coefficient (Wildman–Crippen LogP) is -0.0211. The van der Waals surface area contributed by atoms with Gasteiger partial charge in [-0.05, 0) is 13.0 Å². The number of thiol groups is 1. The van der Waals surface area contributed by atoms with E-state index in [4.69, 9.17) is 5.11 Å². The highest BCUT2D eigenvalue weighted by atomic mass is 32.1. The van der Waals surface area contributed by atoms with Crippen LogP contribution in [0, 0.1) is 5.92 Å². The second-order valence-corrected chi connectivity index (χ2v) is 3.17. The molecule has 58 valence electrons. The highest BCUT2D eigenvalue weighted by molar-refractivity contribution is 7.81. The molecule has 3 nitrogen and oxygen atoms in total. The van der Waals surface area contributed by atoms with Gasteiger partial charge < -0.3 is 10.4 Å². The first-order valence-corrected chi connectivity index (χ1v) is 3.85. The molecule has 1 rings (SSSR count). The minimum absolute atomic E-state index is 0.0220. The fourth-order valence-electron chi connectivity index (χ4n) is 1.13. The molecule has 0 saturated carbocycles. The molecular formula is C6H11NO2S. The lowest BCUT2D eigenvalue weighted by Gasteiger charge is -2.24. The smallest absolute Gasteiger partial charge is 0.307 e. The number of hydrogen-bond acceptors (Lipinski definition) is 3. The SMILES string of the molecule is O=C(O)[C@@H]1CCNC[C@@H]1S. The lowest BCUT2D eigenvalue weighted by atomic mass is 9.98. The van der Waals surface area contributed by atoms with Crippen LogP contribution in [0.3, 0.4) is 0 Å². The van der Waals surface area contributed by atoms with E-state index in [9.17, 15) is 4.79 Å². The molecule has 0 aliphatic carbocycles. The molecule has 0 aromatic heterocycles. The van der Waals surface area contributed by atoms with Crippen LogP contribution in [0.4, 0.5) is 0 Å². The fourth-order valence-corrected chi connectivity index (χ4v) is 1.54. The quantitative estimate of drug-likeness (QED) is 0.474. The summed E-state index contributed by atoms with van der Waals surface area (Å²) in [6, 6.07) is 0. The zero-order valence-electron chi connectivity index (χ0n) is 5.58. The van der Waals surface area contributed by atoms with Gasteiger partial charge in [0.15, 0.2) is 0 Å². The summed E-state index contributed by atoms with van der Waals surface area (Å²) in [5, 5.41) is 11.7. The summed E-state index contributed by atoms with van der Waals surface area (Å²) in [6.07, 6.45) is 0.698. The van der Waals surface area contributed by atoms with Crippen LogP contribution in [0.25, 0.3) is 0 Å². The van der Waals surface area contributed by atoms with Crippen molar-refractivity contribution in [3.05, 3.63) is 0 Å². The topological polar surface area (TPSA) is 49.3 Å². The Morgan fingerprint density at radius 2 is 2.40 bits per heavy atom. The van der Waals surface area contributed by atoms with Gasteiger partial charge in [-0.2, -0.15) is 12.6 Å². The number of carboxylic acid groups (broad SMARTS) is 1. The Bertz CT molecular complexity index is 140. The molecule has 4 heteroatoms. The van der Waals surface area contributed by atoms with Crippen molar-refractivity contribution < 1.29 is 9.90 Å². The van der Waals surface area contributed by atoms with Crippen molar-refractivity contribution >= 4 is 18.6 Å². The summed E-state index contributed by atoms with van der Waals surface area (Å²) in [4.78, 5) is 10.5. The highest BCUT2D eigenvalue weighted by Gasteiger charge is 2.27. The molecule has 1 aliphatic rings. The maximum Gasteiger partial charge on any atom is 0.307 e. The van der Waals surface area contributed by atoms with E-state index in [2.05, 4.69) is 17.9 Å². The predicted molar refractivity (Wildman–Crippen MR) is 41.4 cm³/mol. The van der Waals surface area contributed by atoms with Crippen molar-refractivity contribution in [2.75, 3.05) is 13.1 Å². The van der Waals surface area contributed by atoms with E-state index < -0.39 is 5.97 Å². The summed E-state index contributed by atoms with van der Waals surface area (Å²) in [7, 11) is 0. The van der Waals surface area contributed by atoms with Crippen LogP contribution in [-0.4, -0.2) is 29.4 Å². The maximum absolute atomic E-state index is 10.5. The summed E-state index contributed by atoms with van der Waals surface area (Å²) in [5.41, 5.74) is 0. The number of carbonyl (C=O) groups is 1. The Kier molecular flexibility index (Phi) is 2.56. The van der Waals surface area contributed by atoms with Crippen LogP contribution in [0.2, 0.25) is 0 Å². The standard InChI is InChI=1S/C6H11NO2S/c8-6(9)4-1-2-7-3-5(4)10/h4-5,7,10H,1-3H2,(H,8,9)/t4-,5+/m1/s1. The van der Waals surface area contributed by atoms with E-state index in [-0.39, 0.29) is 11.2 Å². The van der Waals surface area contributed by atoms with Crippen molar-refractivity contribution in [2.45, 2.75) is 11.7 Å². The summed E-state index contributed by atoms with van der Waals surface area (Å²) >= 11 is 4.15.